The van der Waals surface area contributed by atoms with Crippen molar-refractivity contribution in [2.24, 2.45) is 0 Å². The molecule has 1 aliphatic heterocycles. The van der Waals surface area contributed by atoms with E-state index in [0.717, 1.165) is 0 Å². The van der Waals surface area contributed by atoms with E-state index in [-0.39, 0.29) is 5.91 Å². The van der Waals surface area contributed by atoms with E-state index >= 15 is 0 Å². The number of carbonyl (C=O) groups excluding carboxylic acids is 1. The highest BCUT2D eigenvalue weighted by atomic mass is 16.5. The topological polar surface area (TPSA) is 55.6 Å². The molecule has 0 spiro atoms. The van der Waals surface area contributed by atoms with Crippen LogP contribution in [-0.2, 0) is 4.79 Å². The molecule has 1 aromatic rings. The predicted molar refractivity (Wildman–Crippen MR) is 77.3 cm³/mol. The van der Waals surface area contributed by atoms with Crippen molar-refractivity contribution in [2.45, 2.75) is 32.3 Å². The molecule has 0 saturated heterocycles. The quantitative estimate of drug-likeness (QED) is 0.669. The summed E-state index contributed by atoms with van der Waals surface area (Å²) in [6.45, 7) is 8.08. The lowest BCUT2D eigenvalue weighted by Crippen LogP contribution is -2.55. The van der Waals surface area contributed by atoms with E-state index in [0.29, 0.717) is 36.5 Å². The van der Waals surface area contributed by atoms with Gasteiger partial charge in [-0.15, -0.1) is 6.58 Å². The zero-order valence-electron chi connectivity index (χ0n) is 11.5. The van der Waals surface area contributed by atoms with Gasteiger partial charge in [0.1, 0.15) is 11.4 Å². The minimum Gasteiger partial charge on any atom is -0.475 e. The molecule has 0 aromatic heterocycles. The molecule has 1 amide bonds. The van der Waals surface area contributed by atoms with Gasteiger partial charge in [-0.1, -0.05) is 26.0 Å². The van der Waals surface area contributed by atoms with Crippen molar-refractivity contribution < 1.29 is 9.53 Å². The van der Waals surface area contributed by atoms with Crippen LogP contribution >= 0.6 is 0 Å². The Morgan fingerprint density at radius 3 is 2.68 bits per heavy atom. The Morgan fingerprint density at radius 1 is 1.42 bits per heavy atom. The van der Waals surface area contributed by atoms with Crippen LogP contribution in [0.1, 0.15) is 26.7 Å². The fourth-order valence-corrected chi connectivity index (χ4v) is 2.51. The molecule has 1 aromatic carbocycles. The summed E-state index contributed by atoms with van der Waals surface area (Å²) in [5.41, 5.74) is 6.41. The lowest BCUT2D eigenvalue weighted by Gasteiger charge is -2.42. The van der Waals surface area contributed by atoms with Crippen LogP contribution in [0.3, 0.4) is 0 Å². The number of hydrogen-bond donors (Lipinski definition) is 1. The van der Waals surface area contributed by atoms with Crippen molar-refractivity contribution in [1.29, 1.82) is 0 Å². The third-order valence-corrected chi connectivity index (χ3v) is 3.69. The van der Waals surface area contributed by atoms with Gasteiger partial charge in [-0.05, 0) is 25.0 Å². The number of nitrogen functional groups attached to an aromatic ring is 1. The van der Waals surface area contributed by atoms with Crippen molar-refractivity contribution in [3.63, 3.8) is 0 Å². The zero-order valence-corrected chi connectivity index (χ0v) is 11.5. The maximum atomic E-state index is 12.7. The number of fused-ring (bicyclic) bond motifs is 1. The van der Waals surface area contributed by atoms with Crippen LogP contribution in [-0.4, -0.2) is 18.1 Å². The molecule has 19 heavy (non-hydrogen) atoms. The Labute approximate surface area is 113 Å². The normalized spacial score (nSPS) is 16.7. The largest absolute Gasteiger partial charge is 0.475 e. The van der Waals surface area contributed by atoms with Gasteiger partial charge in [-0.3, -0.25) is 9.69 Å². The number of rotatable bonds is 4. The highest BCUT2D eigenvalue weighted by molar-refractivity contribution is 6.05. The number of carbonyl (C=O) groups is 1. The molecule has 0 aliphatic carbocycles. The summed E-state index contributed by atoms with van der Waals surface area (Å²) < 4.78 is 5.98. The van der Waals surface area contributed by atoms with Gasteiger partial charge in [-0.25, -0.2) is 0 Å². The molecular weight excluding hydrogens is 240 g/mol. The van der Waals surface area contributed by atoms with Crippen molar-refractivity contribution in [3.8, 4) is 5.75 Å². The number of benzene rings is 1. The molecule has 0 fully saturated rings. The standard InChI is InChI=1S/C15H20N2O2/c1-4-10-17-13-11(16)8-7-9-12(13)19-15(5-2,6-3)14(17)18/h4,7-9H,1,5-6,10,16H2,2-3H3. The first kappa shape index (κ1) is 13.5. The van der Waals surface area contributed by atoms with E-state index < -0.39 is 5.60 Å². The molecule has 4 heteroatoms. The summed E-state index contributed by atoms with van der Waals surface area (Å²) in [4.78, 5) is 14.4. The summed E-state index contributed by atoms with van der Waals surface area (Å²) >= 11 is 0. The first-order chi connectivity index (χ1) is 9.09. The number of ether oxygens (including phenoxy) is 1. The van der Waals surface area contributed by atoms with E-state index in [1.165, 1.54) is 0 Å². The highest BCUT2D eigenvalue weighted by Crippen LogP contribution is 2.43. The van der Waals surface area contributed by atoms with Crippen molar-refractivity contribution >= 4 is 17.3 Å². The van der Waals surface area contributed by atoms with Crippen LogP contribution in [0, 0.1) is 0 Å². The van der Waals surface area contributed by atoms with Crippen LogP contribution in [0.25, 0.3) is 0 Å². The molecule has 1 heterocycles. The van der Waals surface area contributed by atoms with E-state index in [2.05, 4.69) is 6.58 Å². The first-order valence-corrected chi connectivity index (χ1v) is 6.60. The highest BCUT2D eigenvalue weighted by Gasteiger charge is 2.45. The third-order valence-electron chi connectivity index (χ3n) is 3.69. The maximum absolute atomic E-state index is 12.7. The molecule has 2 rings (SSSR count). The lowest BCUT2D eigenvalue weighted by molar-refractivity contribution is -0.136. The Morgan fingerprint density at radius 2 is 2.11 bits per heavy atom. The smallest absolute Gasteiger partial charge is 0.271 e. The minimum atomic E-state index is -0.788. The first-order valence-electron chi connectivity index (χ1n) is 6.60. The van der Waals surface area contributed by atoms with Crippen LogP contribution in [0.5, 0.6) is 5.75 Å². The van der Waals surface area contributed by atoms with Gasteiger partial charge in [-0.2, -0.15) is 0 Å². The second-order valence-electron chi connectivity index (χ2n) is 4.70. The van der Waals surface area contributed by atoms with Crippen molar-refractivity contribution in [3.05, 3.63) is 30.9 Å². The number of hydrogen-bond acceptors (Lipinski definition) is 3. The summed E-state index contributed by atoms with van der Waals surface area (Å²) in [5.74, 6) is 0.632. The predicted octanol–water partition coefficient (Wildman–Crippen LogP) is 2.74. The van der Waals surface area contributed by atoms with E-state index in [1.807, 2.05) is 26.0 Å². The minimum absolute atomic E-state index is 0.0391. The maximum Gasteiger partial charge on any atom is 0.271 e. The van der Waals surface area contributed by atoms with Crippen LogP contribution < -0.4 is 15.4 Å². The second kappa shape index (κ2) is 4.96. The van der Waals surface area contributed by atoms with E-state index in [1.54, 1.807) is 17.0 Å². The summed E-state index contributed by atoms with van der Waals surface area (Å²) in [6, 6.07) is 5.47. The third kappa shape index (κ3) is 1.97. The Kier molecular flexibility index (Phi) is 3.51. The summed E-state index contributed by atoms with van der Waals surface area (Å²) in [7, 11) is 0. The average molecular weight is 260 g/mol. The van der Waals surface area contributed by atoms with Gasteiger partial charge >= 0.3 is 0 Å². The number of nitrogens with two attached hydrogens (primary N) is 1. The van der Waals surface area contributed by atoms with Crippen molar-refractivity contribution in [1.82, 2.24) is 0 Å². The average Bonchev–Trinajstić information content (AvgIpc) is 2.42. The molecule has 0 atom stereocenters. The van der Waals surface area contributed by atoms with Gasteiger partial charge in [0.2, 0.25) is 0 Å². The molecule has 2 N–H and O–H groups in total. The Hall–Kier alpha value is -1.97. The Balaban J connectivity index is 2.59. The van der Waals surface area contributed by atoms with Crippen LogP contribution in [0.2, 0.25) is 0 Å². The number of anilines is 2. The number of amides is 1. The summed E-state index contributed by atoms with van der Waals surface area (Å²) in [5, 5.41) is 0. The van der Waals surface area contributed by atoms with Crippen LogP contribution in [0.4, 0.5) is 11.4 Å². The molecule has 0 saturated carbocycles. The van der Waals surface area contributed by atoms with Crippen molar-refractivity contribution in [2.75, 3.05) is 17.2 Å². The summed E-state index contributed by atoms with van der Waals surface area (Å²) in [6.07, 6.45) is 2.96. The molecule has 0 bridgehead atoms. The van der Waals surface area contributed by atoms with E-state index in [4.69, 9.17) is 10.5 Å². The van der Waals surface area contributed by atoms with Gasteiger partial charge in [0.05, 0.1) is 5.69 Å². The van der Waals surface area contributed by atoms with Gasteiger partial charge in [0.15, 0.2) is 5.60 Å². The Bertz CT molecular complexity index is 507. The monoisotopic (exact) mass is 260 g/mol. The molecule has 1 aliphatic rings. The fraction of sp³-hybridized carbons (Fsp3) is 0.400. The fourth-order valence-electron chi connectivity index (χ4n) is 2.51. The molecule has 0 radical (unpaired) electrons. The molecule has 102 valence electrons. The number of para-hydroxylation sites is 1. The van der Waals surface area contributed by atoms with Gasteiger partial charge < -0.3 is 10.5 Å². The van der Waals surface area contributed by atoms with E-state index in [9.17, 15) is 4.79 Å². The number of nitrogens with zero attached hydrogens (tertiary/aromatic N) is 1. The SMILES string of the molecule is C=CCN1C(=O)C(CC)(CC)Oc2cccc(N)c21. The van der Waals surface area contributed by atoms with Gasteiger partial charge in [0, 0.05) is 6.54 Å². The molecule has 4 nitrogen and oxygen atoms in total. The van der Waals surface area contributed by atoms with Crippen LogP contribution in [0.15, 0.2) is 30.9 Å². The molecular formula is C15H20N2O2. The molecule has 0 unspecified atom stereocenters. The lowest BCUT2D eigenvalue weighted by atomic mass is 9.92. The zero-order chi connectivity index (χ0) is 14.0. The van der Waals surface area contributed by atoms with Gasteiger partial charge in [0.25, 0.3) is 5.91 Å². The second-order valence-corrected chi connectivity index (χ2v) is 4.70.